The first kappa shape index (κ1) is 11.9. The number of rotatable bonds is 4. The second-order valence-electron chi connectivity index (χ2n) is 5.78. The van der Waals surface area contributed by atoms with Gasteiger partial charge in [-0.1, -0.05) is 0 Å². The smallest absolute Gasteiger partial charge is 0.151 e. The summed E-state index contributed by atoms with van der Waals surface area (Å²) in [6.07, 6.45) is 5.91. The van der Waals surface area contributed by atoms with Crippen LogP contribution in [-0.2, 0) is 9.84 Å². The van der Waals surface area contributed by atoms with Crippen LogP contribution < -0.4 is 5.32 Å². The van der Waals surface area contributed by atoms with Gasteiger partial charge in [0.05, 0.1) is 11.5 Å². The van der Waals surface area contributed by atoms with E-state index in [1.165, 1.54) is 25.7 Å². The van der Waals surface area contributed by atoms with E-state index in [0.717, 1.165) is 19.5 Å². The lowest BCUT2D eigenvalue weighted by atomic mass is 10.1. The van der Waals surface area contributed by atoms with Gasteiger partial charge in [0.25, 0.3) is 0 Å². The summed E-state index contributed by atoms with van der Waals surface area (Å²) in [5, 5.41) is 3.52. The first-order valence-corrected chi connectivity index (χ1v) is 8.66. The molecule has 98 valence electrons. The maximum absolute atomic E-state index is 11.6. The molecule has 0 radical (unpaired) electrons. The molecule has 1 aliphatic carbocycles. The molecule has 5 heteroatoms. The molecule has 1 N–H and O–H groups in total. The number of nitrogens with one attached hydrogen (secondary N) is 1. The Bertz CT molecular complexity index is 372. The van der Waals surface area contributed by atoms with E-state index in [0.29, 0.717) is 29.6 Å². The number of nitrogens with zero attached hydrogens (tertiary/aromatic N) is 1. The van der Waals surface area contributed by atoms with Crippen molar-refractivity contribution < 1.29 is 8.42 Å². The summed E-state index contributed by atoms with van der Waals surface area (Å²) >= 11 is 0. The summed E-state index contributed by atoms with van der Waals surface area (Å²) in [6, 6.07) is 1.57. The number of sulfone groups is 1. The van der Waals surface area contributed by atoms with Crippen molar-refractivity contribution in [3.8, 4) is 0 Å². The number of hydrogen-bond acceptors (Lipinski definition) is 4. The van der Waals surface area contributed by atoms with E-state index < -0.39 is 9.84 Å². The molecule has 0 bridgehead atoms. The van der Waals surface area contributed by atoms with Gasteiger partial charge >= 0.3 is 0 Å². The minimum absolute atomic E-state index is 0.301. The normalized spacial score (nSPS) is 36.8. The fourth-order valence-electron chi connectivity index (χ4n) is 3.21. The van der Waals surface area contributed by atoms with Crippen LogP contribution in [-0.4, -0.2) is 56.0 Å². The molecule has 0 spiro atoms. The van der Waals surface area contributed by atoms with E-state index in [2.05, 4.69) is 10.2 Å². The van der Waals surface area contributed by atoms with Crippen LogP contribution in [0, 0.1) is 0 Å². The molecule has 0 aromatic rings. The molecule has 4 nitrogen and oxygen atoms in total. The molecule has 2 saturated heterocycles. The molecular weight excluding hydrogens is 236 g/mol. The molecule has 2 unspecified atom stereocenters. The highest BCUT2D eigenvalue weighted by Crippen LogP contribution is 2.32. The lowest BCUT2D eigenvalue weighted by Crippen LogP contribution is -2.45. The molecular formula is C12H22N2O2S. The average Bonchev–Trinajstić information content (AvgIpc) is 2.86. The Balaban J connectivity index is 1.63. The Morgan fingerprint density at radius 2 is 1.94 bits per heavy atom. The minimum atomic E-state index is -2.74. The predicted molar refractivity (Wildman–Crippen MR) is 67.8 cm³/mol. The van der Waals surface area contributed by atoms with Crippen molar-refractivity contribution in [2.75, 3.05) is 24.6 Å². The summed E-state index contributed by atoms with van der Waals surface area (Å²) in [5.74, 6) is 0.801. The molecule has 3 fully saturated rings. The highest BCUT2D eigenvalue weighted by atomic mass is 32.2. The van der Waals surface area contributed by atoms with E-state index in [1.807, 2.05) is 0 Å². The van der Waals surface area contributed by atoms with Crippen molar-refractivity contribution >= 4 is 9.84 Å². The van der Waals surface area contributed by atoms with Gasteiger partial charge in [0.2, 0.25) is 0 Å². The number of hydrogen-bond donors (Lipinski definition) is 1. The van der Waals surface area contributed by atoms with E-state index >= 15 is 0 Å². The van der Waals surface area contributed by atoms with E-state index in [4.69, 9.17) is 0 Å². The fraction of sp³-hybridized carbons (Fsp3) is 1.00. The predicted octanol–water partition coefficient (Wildman–Crippen LogP) is 0.390. The molecule has 2 heterocycles. The summed E-state index contributed by atoms with van der Waals surface area (Å²) in [6.45, 7) is 2.19. The molecule has 1 saturated carbocycles. The largest absolute Gasteiger partial charge is 0.313 e. The fourth-order valence-corrected chi connectivity index (χ4v) is 4.95. The maximum Gasteiger partial charge on any atom is 0.151 e. The Labute approximate surface area is 104 Å². The van der Waals surface area contributed by atoms with Gasteiger partial charge in [-0.25, -0.2) is 8.42 Å². The molecule has 0 amide bonds. The summed E-state index contributed by atoms with van der Waals surface area (Å²) in [5.41, 5.74) is 0. The van der Waals surface area contributed by atoms with Gasteiger partial charge < -0.3 is 5.32 Å². The van der Waals surface area contributed by atoms with Crippen molar-refractivity contribution in [3.63, 3.8) is 0 Å². The zero-order valence-corrected chi connectivity index (χ0v) is 11.1. The van der Waals surface area contributed by atoms with E-state index in [9.17, 15) is 8.42 Å². The van der Waals surface area contributed by atoms with Crippen LogP contribution in [0.2, 0.25) is 0 Å². The Morgan fingerprint density at radius 3 is 2.47 bits per heavy atom. The molecule has 3 aliphatic rings. The van der Waals surface area contributed by atoms with Gasteiger partial charge in [-0.2, -0.15) is 0 Å². The van der Waals surface area contributed by atoms with E-state index in [1.54, 1.807) is 0 Å². The van der Waals surface area contributed by atoms with Gasteiger partial charge in [0.15, 0.2) is 9.84 Å². The van der Waals surface area contributed by atoms with Crippen LogP contribution >= 0.6 is 0 Å². The molecule has 2 aliphatic heterocycles. The molecule has 0 aromatic carbocycles. The first-order valence-electron chi connectivity index (χ1n) is 6.84. The monoisotopic (exact) mass is 258 g/mol. The third-order valence-corrected chi connectivity index (χ3v) is 6.04. The van der Waals surface area contributed by atoms with Crippen LogP contribution in [0.15, 0.2) is 0 Å². The van der Waals surface area contributed by atoms with Crippen LogP contribution in [0.4, 0.5) is 0 Å². The van der Waals surface area contributed by atoms with Gasteiger partial charge in [-0.3, -0.25) is 4.90 Å². The Kier molecular flexibility index (Phi) is 3.17. The summed E-state index contributed by atoms with van der Waals surface area (Å²) in [7, 11) is -2.74. The standard InChI is InChI=1S/C12H22N2O2S/c15-17(16)7-5-12(9-17)14(11-3-4-11)8-10-2-1-6-13-10/h10-13H,1-9H2. The lowest BCUT2D eigenvalue weighted by molar-refractivity contribution is 0.184. The third-order valence-electron chi connectivity index (χ3n) is 4.29. The van der Waals surface area contributed by atoms with Crippen LogP contribution in [0.25, 0.3) is 0 Å². The van der Waals surface area contributed by atoms with Crippen molar-refractivity contribution in [1.29, 1.82) is 0 Å². The van der Waals surface area contributed by atoms with Gasteiger partial charge in [-0.15, -0.1) is 0 Å². The van der Waals surface area contributed by atoms with Crippen LogP contribution in [0.1, 0.15) is 32.1 Å². The average molecular weight is 258 g/mol. The molecule has 17 heavy (non-hydrogen) atoms. The van der Waals surface area contributed by atoms with Crippen molar-refractivity contribution in [2.45, 2.75) is 50.2 Å². The molecule has 3 rings (SSSR count). The minimum Gasteiger partial charge on any atom is -0.313 e. The summed E-state index contributed by atoms with van der Waals surface area (Å²) in [4.78, 5) is 2.49. The lowest BCUT2D eigenvalue weighted by Gasteiger charge is -2.30. The zero-order valence-electron chi connectivity index (χ0n) is 10.3. The Morgan fingerprint density at radius 1 is 1.12 bits per heavy atom. The topological polar surface area (TPSA) is 49.4 Å². The zero-order chi connectivity index (χ0) is 11.9. The molecule has 0 aromatic heterocycles. The highest BCUT2D eigenvalue weighted by Gasteiger charge is 2.40. The maximum atomic E-state index is 11.6. The van der Waals surface area contributed by atoms with Gasteiger partial charge in [0, 0.05) is 24.7 Å². The quantitative estimate of drug-likeness (QED) is 0.792. The van der Waals surface area contributed by atoms with Crippen LogP contribution in [0.3, 0.4) is 0 Å². The van der Waals surface area contributed by atoms with E-state index in [-0.39, 0.29) is 0 Å². The van der Waals surface area contributed by atoms with Crippen molar-refractivity contribution in [1.82, 2.24) is 10.2 Å². The van der Waals surface area contributed by atoms with Gasteiger partial charge in [-0.05, 0) is 38.6 Å². The SMILES string of the molecule is O=S1(=O)CCC(N(CC2CCCN2)C2CC2)C1. The highest BCUT2D eigenvalue weighted by molar-refractivity contribution is 7.91. The second-order valence-corrected chi connectivity index (χ2v) is 8.01. The third kappa shape index (κ3) is 2.83. The Hall–Kier alpha value is -0.130. The summed E-state index contributed by atoms with van der Waals surface area (Å²) < 4.78 is 23.2. The second kappa shape index (κ2) is 4.52. The molecule has 2 atom stereocenters. The van der Waals surface area contributed by atoms with Crippen LogP contribution in [0.5, 0.6) is 0 Å². The van der Waals surface area contributed by atoms with Crippen molar-refractivity contribution in [3.05, 3.63) is 0 Å². The van der Waals surface area contributed by atoms with Gasteiger partial charge in [0.1, 0.15) is 0 Å². The van der Waals surface area contributed by atoms with Crippen molar-refractivity contribution in [2.24, 2.45) is 0 Å². The first-order chi connectivity index (χ1) is 8.14.